The predicted octanol–water partition coefficient (Wildman–Crippen LogP) is 4.58. The molecule has 1 N–H and O–H groups in total. The zero-order chi connectivity index (χ0) is 15.4. The van der Waals surface area contributed by atoms with Crippen molar-refractivity contribution in [2.45, 2.75) is 33.4 Å². The Hall–Kier alpha value is -1.46. The number of hydrogen-bond donors (Lipinski definition) is 1. The first kappa shape index (κ1) is 15.9. The fourth-order valence-corrected chi connectivity index (χ4v) is 2.26. The largest absolute Gasteiger partial charge is 0.457 e. The summed E-state index contributed by atoms with van der Waals surface area (Å²) in [6.07, 6.45) is 1.79. The van der Waals surface area contributed by atoms with Crippen molar-refractivity contribution >= 4 is 15.9 Å². The first-order chi connectivity index (χ1) is 9.94. The van der Waals surface area contributed by atoms with Crippen LogP contribution in [-0.2, 0) is 6.54 Å². The van der Waals surface area contributed by atoms with E-state index in [9.17, 15) is 4.39 Å². The molecule has 2 rings (SSSR count). The van der Waals surface area contributed by atoms with E-state index in [1.165, 1.54) is 12.1 Å². The number of pyridine rings is 1. The second-order valence-corrected chi connectivity index (χ2v) is 6.09. The number of nitrogens with one attached hydrogen (secondary N) is 1. The summed E-state index contributed by atoms with van der Waals surface area (Å²) < 4.78 is 19.9. The van der Waals surface area contributed by atoms with Crippen molar-refractivity contribution < 1.29 is 9.13 Å². The van der Waals surface area contributed by atoms with Gasteiger partial charge in [0.25, 0.3) is 0 Å². The summed E-state index contributed by atoms with van der Waals surface area (Å²) in [7, 11) is 0. The maximum Gasteiger partial charge on any atom is 0.135 e. The Labute approximate surface area is 132 Å². The molecule has 0 saturated heterocycles. The number of rotatable bonds is 5. The van der Waals surface area contributed by atoms with Crippen LogP contribution < -0.4 is 10.1 Å². The molecule has 0 fully saturated rings. The van der Waals surface area contributed by atoms with E-state index in [1.54, 1.807) is 12.3 Å². The molecule has 0 spiro atoms. The second kappa shape index (κ2) is 7.00. The molecular weight excluding hydrogens is 335 g/mol. The molecule has 2 aromatic rings. The number of ether oxygens (including phenoxy) is 1. The van der Waals surface area contributed by atoms with Gasteiger partial charge in [0.1, 0.15) is 17.3 Å². The van der Waals surface area contributed by atoms with Gasteiger partial charge < -0.3 is 10.1 Å². The third-order valence-corrected chi connectivity index (χ3v) is 3.30. The van der Waals surface area contributed by atoms with E-state index in [2.05, 4.69) is 40.1 Å². The topological polar surface area (TPSA) is 34.1 Å². The molecule has 0 aliphatic rings. The van der Waals surface area contributed by atoms with Crippen LogP contribution >= 0.6 is 15.9 Å². The van der Waals surface area contributed by atoms with Gasteiger partial charge in [-0.25, -0.2) is 4.39 Å². The molecule has 0 saturated carbocycles. The molecule has 5 heteroatoms. The molecule has 112 valence electrons. The molecule has 0 unspecified atom stereocenters. The van der Waals surface area contributed by atoms with E-state index in [-0.39, 0.29) is 5.82 Å². The first-order valence-corrected chi connectivity index (χ1v) is 7.56. The molecular formula is C16H18BrFN2O. The van der Waals surface area contributed by atoms with E-state index in [1.807, 2.05) is 13.0 Å². The summed E-state index contributed by atoms with van der Waals surface area (Å²) in [5, 5.41) is 3.33. The highest BCUT2D eigenvalue weighted by Gasteiger charge is 2.09. The molecule has 0 radical (unpaired) electrons. The van der Waals surface area contributed by atoms with Gasteiger partial charge in [-0.3, -0.25) is 4.98 Å². The summed E-state index contributed by atoms with van der Waals surface area (Å²) in [5.74, 6) is 0.804. The van der Waals surface area contributed by atoms with Gasteiger partial charge in [-0.05, 0) is 19.1 Å². The SMILES string of the molecule is Cc1cc(Oc2cc(F)cc(Br)c2)c(CNC(C)C)cn1. The van der Waals surface area contributed by atoms with E-state index in [0.29, 0.717) is 28.6 Å². The zero-order valence-corrected chi connectivity index (χ0v) is 13.9. The number of aryl methyl sites for hydroxylation is 1. The van der Waals surface area contributed by atoms with Crippen LogP contribution in [-0.4, -0.2) is 11.0 Å². The highest BCUT2D eigenvalue weighted by Crippen LogP contribution is 2.28. The summed E-state index contributed by atoms with van der Waals surface area (Å²) in [6, 6.07) is 6.71. The molecule has 1 aromatic heterocycles. The van der Waals surface area contributed by atoms with Crippen molar-refractivity contribution in [1.82, 2.24) is 10.3 Å². The molecule has 1 aromatic carbocycles. The van der Waals surface area contributed by atoms with Crippen LogP contribution in [0.25, 0.3) is 0 Å². The second-order valence-electron chi connectivity index (χ2n) is 5.18. The fourth-order valence-electron chi connectivity index (χ4n) is 1.82. The van der Waals surface area contributed by atoms with Crippen LogP contribution in [0.1, 0.15) is 25.1 Å². The minimum atomic E-state index is -0.341. The summed E-state index contributed by atoms with van der Waals surface area (Å²) in [5.41, 5.74) is 1.79. The van der Waals surface area contributed by atoms with Crippen molar-refractivity contribution in [2.75, 3.05) is 0 Å². The van der Waals surface area contributed by atoms with Crippen LogP contribution in [0.4, 0.5) is 4.39 Å². The lowest BCUT2D eigenvalue weighted by Gasteiger charge is -2.14. The Morgan fingerprint density at radius 3 is 2.71 bits per heavy atom. The van der Waals surface area contributed by atoms with Gasteiger partial charge in [0, 0.05) is 46.6 Å². The molecule has 0 atom stereocenters. The highest BCUT2D eigenvalue weighted by molar-refractivity contribution is 9.10. The van der Waals surface area contributed by atoms with Crippen molar-refractivity contribution in [3.05, 3.63) is 52.0 Å². The molecule has 3 nitrogen and oxygen atoms in total. The van der Waals surface area contributed by atoms with Crippen molar-refractivity contribution in [3.8, 4) is 11.5 Å². The third kappa shape index (κ3) is 4.79. The summed E-state index contributed by atoms with van der Waals surface area (Å²) >= 11 is 3.26. The quantitative estimate of drug-likeness (QED) is 0.854. The Kier molecular flexibility index (Phi) is 5.31. The van der Waals surface area contributed by atoms with Gasteiger partial charge in [-0.2, -0.15) is 0 Å². The summed E-state index contributed by atoms with van der Waals surface area (Å²) in [4.78, 5) is 4.29. The zero-order valence-electron chi connectivity index (χ0n) is 12.3. The molecule has 0 aliphatic heterocycles. The maximum atomic E-state index is 13.4. The Balaban J connectivity index is 2.26. The summed E-state index contributed by atoms with van der Waals surface area (Å²) in [6.45, 7) is 6.70. The van der Waals surface area contributed by atoms with Crippen LogP contribution in [0.5, 0.6) is 11.5 Å². The number of halogens is 2. The lowest BCUT2D eigenvalue weighted by Crippen LogP contribution is -2.22. The van der Waals surface area contributed by atoms with Crippen molar-refractivity contribution in [1.29, 1.82) is 0 Å². The van der Waals surface area contributed by atoms with E-state index in [0.717, 1.165) is 11.3 Å². The smallest absolute Gasteiger partial charge is 0.135 e. The van der Waals surface area contributed by atoms with Crippen molar-refractivity contribution in [2.24, 2.45) is 0 Å². The minimum absolute atomic E-state index is 0.341. The van der Waals surface area contributed by atoms with Gasteiger partial charge in [0.15, 0.2) is 0 Å². The average molecular weight is 353 g/mol. The lowest BCUT2D eigenvalue weighted by atomic mass is 10.2. The van der Waals surface area contributed by atoms with Gasteiger partial charge in [0.2, 0.25) is 0 Å². The number of aromatic nitrogens is 1. The predicted molar refractivity (Wildman–Crippen MR) is 85.1 cm³/mol. The standard InChI is InChI=1S/C16H18BrFN2O/c1-10(2)19-8-12-9-20-11(3)4-16(12)21-15-6-13(17)5-14(18)7-15/h4-7,9-10,19H,8H2,1-3H3. The van der Waals surface area contributed by atoms with Gasteiger partial charge in [-0.1, -0.05) is 29.8 Å². The maximum absolute atomic E-state index is 13.4. The van der Waals surface area contributed by atoms with Crippen LogP contribution in [0, 0.1) is 12.7 Å². The fraction of sp³-hybridized carbons (Fsp3) is 0.312. The van der Waals surface area contributed by atoms with E-state index >= 15 is 0 Å². The number of nitrogens with zero attached hydrogens (tertiary/aromatic N) is 1. The Morgan fingerprint density at radius 2 is 2.05 bits per heavy atom. The Morgan fingerprint density at radius 1 is 1.29 bits per heavy atom. The average Bonchev–Trinajstić information content (AvgIpc) is 2.36. The van der Waals surface area contributed by atoms with Gasteiger partial charge in [0.05, 0.1) is 0 Å². The van der Waals surface area contributed by atoms with Crippen LogP contribution in [0.15, 0.2) is 34.9 Å². The molecule has 0 amide bonds. The van der Waals surface area contributed by atoms with Gasteiger partial charge in [-0.15, -0.1) is 0 Å². The number of hydrogen-bond acceptors (Lipinski definition) is 3. The van der Waals surface area contributed by atoms with E-state index < -0.39 is 0 Å². The van der Waals surface area contributed by atoms with Crippen molar-refractivity contribution in [3.63, 3.8) is 0 Å². The van der Waals surface area contributed by atoms with Gasteiger partial charge >= 0.3 is 0 Å². The van der Waals surface area contributed by atoms with Crippen LogP contribution in [0.2, 0.25) is 0 Å². The normalized spacial score (nSPS) is 11.0. The molecule has 0 bridgehead atoms. The first-order valence-electron chi connectivity index (χ1n) is 6.77. The lowest BCUT2D eigenvalue weighted by molar-refractivity contribution is 0.462. The van der Waals surface area contributed by atoms with E-state index in [4.69, 9.17) is 4.74 Å². The molecule has 1 heterocycles. The number of benzene rings is 1. The highest BCUT2D eigenvalue weighted by atomic mass is 79.9. The molecule has 0 aliphatic carbocycles. The Bertz CT molecular complexity index is 611. The molecule has 21 heavy (non-hydrogen) atoms. The third-order valence-electron chi connectivity index (χ3n) is 2.85. The van der Waals surface area contributed by atoms with Crippen LogP contribution in [0.3, 0.4) is 0 Å². The monoisotopic (exact) mass is 352 g/mol. The minimum Gasteiger partial charge on any atom is -0.457 e.